The molecule has 0 aromatic heterocycles. The number of carbonyl (C=O) groups is 2. The monoisotopic (exact) mass is 212 g/mol. The predicted octanol–water partition coefficient (Wildman–Crippen LogP) is 1.61. The third kappa shape index (κ3) is 3.38. The minimum Gasteiger partial charge on any atom is -0.481 e. The van der Waals surface area contributed by atoms with E-state index in [1.54, 1.807) is 0 Å². The molecule has 0 aromatic rings. The van der Waals surface area contributed by atoms with Gasteiger partial charge in [-0.05, 0) is 19.8 Å². The van der Waals surface area contributed by atoms with Crippen LogP contribution < -0.4 is 0 Å². The summed E-state index contributed by atoms with van der Waals surface area (Å²) in [5.74, 6) is -1.67. The number of allylic oxidation sites excluding steroid dienone is 2. The normalized spacial score (nSPS) is 25.6. The van der Waals surface area contributed by atoms with Gasteiger partial charge in [-0.1, -0.05) is 11.6 Å². The van der Waals surface area contributed by atoms with Crippen LogP contribution in [0.1, 0.15) is 26.7 Å². The Kier molecular flexibility index (Phi) is 3.88. The number of hydrogen-bond donors (Lipinski definition) is 1. The molecule has 15 heavy (non-hydrogen) atoms. The first-order valence-corrected chi connectivity index (χ1v) is 5.02. The van der Waals surface area contributed by atoms with Crippen molar-refractivity contribution in [2.24, 2.45) is 11.8 Å². The van der Waals surface area contributed by atoms with Crippen LogP contribution in [0.15, 0.2) is 11.6 Å². The standard InChI is InChI=1S/C11H16O4/c1-7-3-4-9(6-15-8(2)12)10(5-7)11(13)14/h3,9-10H,4-6H2,1-2H3,(H,13,14)/t9-,10-/m0/s1. The van der Waals surface area contributed by atoms with Crippen molar-refractivity contribution >= 4 is 11.9 Å². The average molecular weight is 212 g/mol. The third-order valence-corrected chi connectivity index (χ3v) is 2.70. The summed E-state index contributed by atoms with van der Waals surface area (Å²) in [6.45, 7) is 3.47. The molecule has 0 fully saturated rings. The van der Waals surface area contributed by atoms with E-state index in [1.165, 1.54) is 6.92 Å². The van der Waals surface area contributed by atoms with E-state index in [-0.39, 0.29) is 18.5 Å². The van der Waals surface area contributed by atoms with E-state index in [2.05, 4.69) is 0 Å². The summed E-state index contributed by atoms with van der Waals surface area (Å²) >= 11 is 0. The zero-order valence-electron chi connectivity index (χ0n) is 9.03. The highest BCUT2D eigenvalue weighted by atomic mass is 16.5. The van der Waals surface area contributed by atoms with Gasteiger partial charge in [-0.3, -0.25) is 9.59 Å². The number of esters is 1. The van der Waals surface area contributed by atoms with Gasteiger partial charge in [0, 0.05) is 12.8 Å². The van der Waals surface area contributed by atoms with E-state index >= 15 is 0 Å². The van der Waals surface area contributed by atoms with Crippen LogP contribution in [0.2, 0.25) is 0 Å². The van der Waals surface area contributed by atoms with Crippen LogP contribution in [0.5, 0.6) is 0 Å². The summed E-state index contributed by atoms with van der Waals surface area (Å²) in [7, 11) is 0. The maximum absolute atomic E-state index is 11.0. The molecule has 0 aliphatic heterocycles. The van der Waals surface area contributed by atoms with Gasteiger partial charge in [0.1, 0.15) is 0 Å². The number of carboxylic acids is 1. The van der Waals surface area contributed by atoms with Crippen molar-refractivity contribution in [3.8, 4) is 0 Å². The number of carboxylic acid groups (broad SMARTS) is 1. The Morgan fingerprint density at radius 1 is 1.60 bits per heavy atom. The second-order valence-electron chi connectivity index (χ2n) is 4.00. The summed E-state index contributed by atoms with van der Waals surface area (Å²) < 4.78 is 4.87. The van der Waals surface area contributed by atoms with Gasteiger partial charge in [-0.2, -0.15) is 0 Å². The molecule has 4 heteroatoms. The molecule has 1 aliphatic carbocycles. The van der Waals surface area contributed by atoms with E-state index in [0.29, 0.717) is 12.8 Å². The largest absolute Gasteiger partial charge is 0.481 e. The van der Waals surface area contributed by atoms with Crippen LogP contribution in [0.25, 0.3) is 0 Å². The van der Waals surface area contributed by atoms with Crippen molar-refractivity contribution in [3.05, 3.63) is 11.6 Å². The molecule has 1 N–H and O–H groups in total. The van der Waals surface area contributed by atoms with Gasteiger partial charge in [0.05, 0.1) is 12.5 Å². The van der Waals surface area contributed by atoms with Crippen LogP contribution in [-0.2, 0) is 14.3 Å². The zero-order chi connectivity index (χ0) is 11.4. The molecular formula is C11H16O4. The summed E-state index contributed by atoms with van der Waals surface area (Å²) in [6, 6.07) is 0. The quantitative estimate of drug-likeness (QED) is 0.570. The van der Waals surface area contributed by atoms with Gasteiger partial charge >= 0.3 is 11.9 Å². The fraction of sp³-hybridized carbons (Fsp3) is 0.636. The second-order valence-corrected chi connectivity index (χ2v) is 4.00. The first kappa shape index (κ1) is 11.8. The lowest BCUT2D eigenvalue weighted by Gasteiger charge is -2.26. The topological polar surface area (TPSA) is 63.6 Å². The van der Waals surface area contributed by atoms with Crippen molar-refractivity contribution in [2.75, 3.05) is 6.61 Å². The van der Waals surface area contributed by atoms with Crippen LogP contribution in [-0.4, -0.2) is 23.7 Å². The summed E-state index contributed by atoms with van der Waals surface area (Å²) in [4.78, 5) is 21.6. The smallest absolute Gasteiger partial charge is 0.307 e. The number of carbonyl (C=O) groups excluding carboxylic acids is 1. The third-order valence-electron chi connectivity index (χ3n) is 2.70. The lowest BCUT2D eigenvalue weighted by atomic mass is 9.80. The molecule has 2 atom stereocenters. The molecule has 0 bridgehead atoms. The first-order valence-electron chi connectivity index (χ1n) is 5.02. The first-order chi connectivity index (χ1) is 7.00. The number of hydrogen-bond acceptors (Lipinski definition) is 3. The molecule has 0 unspecified atom stereocenters. The molecule has 0 saturated carbocycles. The van der Waals surface area contributed by atoms with Crippen LogP contribution in [0.4, 0.5) is 0 Å². The van der Waals surface area contributed by atoms with E-state index in [0.717, 1.165) is 5.57 Å². The zero-order valence-corrected chi connectivity index (χ0v) is 9.03. The van der Waals surface area contributed by atoms with E-state index < -0.39 is 11.9 Å². The lowest BCUT2D eigenvalue weighted by molar-refractivity contribution is -0.150. The fourth-order valence-electron chi connectivity index (χ4n) is 1.81. The number of aliphatic carboxylic acids is 1. The highest BCUT2D eigenvalue weighted by Gasteiger charge is 2.31. The highest BCUT2D eigenvalue weighted by molar-refractivity contribution is 5.71. The van der Waals surface area contributed by atoms with Crippen LogP contribution in [0, 0.1) is 11.8 Å². The maximum atomic E-state index is 11.0. The van der Waals surface area contributed by atoms with Gasteiger partial charge in [-0.15, -0.1) is 0 Å². The molecule has 0 aromatic carbocycles. The van der Waals surface area contributed by atoms with Gasteiger partial charge < -0.3 is 9.84 Å². The maximum Gasteiger partial charge on any atom is 0.307 e. The SMILES string of the molecule is CC(=O)OC[C@@H]1CC=C(C)C[C@@H]1C(=O)O. The summed E-state index contributed by atoms with van der Waals surface area (Å²) in [6.07, 6.45) is 3.25. The minimum atomic E-state index is -0.806. The van der Waals surface area contributed by atoms with Gasteiger partial charge in [0.15, 0.2) is 0 Å². The van der Waals surface area contributed by atoms with Crippen LogP contribution in [0.3, 0.4) is 0 Å². The predicted molar refractivity (Wildman–Crippen MR) is 54.2 cm³/mol. The Morgan fingerprint density at radius 3 is 2.80 bits per heavy atom. The van der Waals surface area contributed by atoms with Gasteiger partial charge in [0.2, 0.25) is 0 Å². The number of rotatable bonds is 3. The molecule has 1 rings (SSSR count). The molecule has 0 heterocycles. The van der Waals surface area contributed by atoms with Gasteiger partial charge in [-0.25, -0.2) is 0 Å². The molecule has 1 aliphatic rings. The summed E-state index contributed by atoms with van der Waals surface area (Å²) in [5, 5.41) is 9.02. The Hall–Kier alpha value is -1.32. The van der Waals surface area contributed by atoms with Crippen molar-refractivity contribution in [1.82, 2.24) is 0 Å². The Bertz CT molecular complexity index is 293. The van der Waals surface area contributed by atoms with Gasteiger partial charge in [0.25, 0.3) is 0 Å². The van der Waals surface area contributed by atoms with Crippen molar-refractivity contribution < 1.29 is 19.4 Å². The molecule has 0 saturated heterocycles. The second kappa shape index (κ2) is 4.96. The van der Waals surface area contributed by atoms with E-state index in [9.17, 15) is 9.59 Å². The van der Waals surface area contributed by atoms with Crippen molar-refractivity contribution in [3.63, 3.8) is 0 Å². The average Bonchev–Trinajstić information content (AvgIpc) is 2.15. The molecule has 0 radical (unpaired) electrons. The van der Waals surface area contributed by atoms with Crippen molar-refractivity contribution in [2.45, 2.75) is 26.7 Å². The summed E-state index contributed by atoms with van der Waals surface area (Å²) in [5.41, 5.74) is 1.10. The number of ether oxygens (including phenoxy) is 1. The molecular weight excluding hydrogens is 196 g/mol. The van der Waals surface area contributed by atoms with E-state index in [4.69, 9.17) is 9.84 Å². The Labute approximate surface area is 88.9 Å². The van der Waals surface area contributed by atoms with Crippen molar-refractivity contribution in [1.29, 1.82) is 0 Å². The molecule has 0 amide bonds. The molecule has 84 valence electrons. The highest BCUT2D eigenvalue weighted by Crippen LogP contribution is 2.30. The van der Waals surface area contributed by atoms with E-state index in [1.807, 2.05) is 13.0 Å². The Balaban J connectivity index is 2.60. The van der Waals surface area contributed by atoms with Crippen LogP contribution >= 0.6 is 0 Å². The fourth-order valence-corrected chi connectivity index (χ4v) is 1.81. The lowest BCUT2D eigenvalue weighted by Crippen LogP contribution is -2.30. The molecule has 0 spiro atoms. The minimum absolute atomic E-state index is 0.0879. The Morgan fingerprint density at radius 2 is 2.27 bits per heavy atom. The molecule has 4 nitrogen and oxygen atoms in total.